The van der Waals surface area contributed by atoms with Crippen LogP contribution >= 0.6 is 15.9 Å². The summed E-state index contributed by atoms with van der Waals surface area (Å²) in [6.07, 6.45) is 6.43. The van der Waals surface area contributed by atoms with Crippen LogP contribution in [0.3, 0.4) is 0 Å². The molecule has 0 bridgehead atoms. The minimum absolute atomic E-state index is 0.0170. The SMILES string of the molecule is CC(=O)OCC(=O)[C@@]1(O)C(C)C[C@H]2[C@@H]3CC(Br)C4=CC(=O)C=C[C@]4(C)[C@H]3C(=O)C[C@@]21C. The van der Waals surface area contributed by atoms with Crippen LogP contribution in [0.15, 0.2) is 23.8 Å². The number of hydrogen-bond donors (Lipinski definition) is 1. The van der Waals surface area contributed by atoms with Crippen molar-refractivity contribution >= 4 is 39.2 Å². The van der Waals surface area contributed by atoms with E-state index in [1.165, 1.54) is 6.92 Å². The first-order valence-corrected chi connectivity index (χ1v) is 11.8. The van der Waals surface area contributed by atoms with Crippen molar-refractivity contribution in [2.45, 2.75) is 57.4 Å². The highest BCUT2D eigenvalue weighted by atomic mass is 79.9. The lowest BCUT2D eigenvalue weighted by Gasteiger charge is -2.57. The molecule has 3 saturated carbocycles. The van der Waals surface area contributed by atoms with Crippen LogP contribution in [0.2, 0.25) is 0 Å². The van der Waals surface area contributed by atoms with Crippen molar-refractivity contribution in [3.63, 3.8) is 0 Å². The Morgan fingerprint density at radius 3 is 2.58 bits per heavy atom. The van der Waals surface area contributed by atoms with Gasteiger partial charge in [-0.25, -0.2) is 0 Å². The lowest BCUT2D eigenvalue weighted by atomic mass is 9.46. The number of esters is 1. The summed E-state index contributed by atoms with van der Waals surface area (Å²) in [6, 6.07) is 0. The van der Waals surface area contributed by atoms with Crippen LogP contribution in [-0.4, -0.2) is 45.5 Å². The first-order valence-electron chi connectivity index (χ1n) is 10.9. The topological polar surface area (TPSA) is 97.7 Å². The van der Waals surface area contributed by atoms with Gasteiger partial charge in [0.25, 0.3) is 0 Å². The summed E-state index contributed by atoms with van der Waals surface area (Å²) >= 11 is 3.75. The standard InChI is InChI=1S/C24H29BrO6/c1-12-7-16-15-9-18(25)17-8-14(27)5-6-22(17,3)21(15)19(28)10-23(16,4)24(12,30)20(29)11-31-13(2)26/h5-6,8,12,15-16,18,21,30H,7,9-11H2,1-4H3/t12?,15-,16-,18?,21+,22-,23-,24-/m0/s1. The fourth-order valence-corrected chi connectivity index (χ4v) is 8.31. The third kappa shape index (κ3) is 2.99. The lowest BCUT2D eigenvalue weighted by Crippen LogP contribution is -2.62. The second-order valence-corrected chi connectivity index (χ2v) is 11.3. The van der Waals surface area contributed by atoms with Crippen molar-refractivity contribution in [2.75, 3.05) is 6.61 Å². The summed E-state index contributed by atoms with van der Waals surface area (Å²) in [4.78, 5) is 49.9. The molecule has 1 N–H and O–H groups in total. The Labute approximate surface area is 190 Å². The summed E-state index contributed by atoms with van der Waals surface area (Å²) < 4.78 is 4.91. The van der Waals surface area contributed by atoms with E-state index in [1.54, 1.807) is 12.2 Å². The molecule has 2 unspecified atom stereocenters. The third-order valence-electron chi connectivity index (χ3n) is 8.65. The molecule has 0 amide bonds. The maximum atomic E-state index is 13.6. The minimum Gasteiger partial charge on any atom is -0.458 e. The van der Waals surface area contributed by atoms with Crippen molar-refractivity contribution in [3.05, 3.63) is 23.8 Å². The summed E-state index contributed by atoms with van der Waals surface area (Å²) in [5.41, 5.74) is -2.29. The van der Waals surface area contributed by atoms with Gasteiger partial charge in [0.15, 0.2) is 12.4 Å². The quantitative estimate of drug-likeness (QED) is 0.480. The monoisotopic (exact) mass is 492 g/mol. The van der Waals surface area contributed by atoms with Gasteiger partial charge in [-0.15, -0.1) is 0 Å². The number of hydrogen-bond acceptors (Lipinski definition) is 6. The maximum Gasteiger partial charge on any atom is 0.303 e. The highest BCUT2D eigenvalue weighted by Crippen LogP contribution is 2.67. The smallest absolute Gasteiger partial charge is 0.303 e. The van der Waals surface area contributed by atoms with Gasteiger partial charge in [0.2, 0.25) is 5.78 Å². The van der Waals surface area contributed by atoms with Crippen molar-refractivity contribution in [3.8, 4) is 0 Å². The predicted molar refractivity (Wildman–Crippen MR) is 116 cm³/mol. The predicted octanol–water partition coefficient (Wildman–Crippen LogP) is 2.96. The van der Waals surface area contributed by atoms with E-state index in [9.17, 15) is 24.3 Å². The molecule has 0 radical (unpaired) electrons. The third-order valence-corrected chi connectivity index (χ3v) is 9.52. The second-order valence-electron chi connectivity index (χ2n) is 10.2. The molecule has 3 fully saturated rings. The van der Waals surface area contributed by atoms with Crippen LogP contribution < -0.4 is 0 Å². The molecule has 7 heteroatoms. The average Bonchev–Trinajstić information content (AvgIpc) is 2.88. The molecule has 6 nitrogen and oxygen atoms in total. The molecule has 168 valence electrons. The molecule has 31 heavy (non-hydrogen) atoms. The summed E-state index contributed by atoms with van der Waals surface area (Å²) in [5, 5.41) is 11.7. The Hall–Kier alpha value is -1.60. The molecule has 0 aromatic rings. The van der Waals surface area contributed by atoms with Crippen molar-refractivity contribution in [1.82, 2.24) is 0 Å². The van der Waals surface area contributed by atoms with E-state index in [2.05, 4.69) is 15.9 Å². The molecule has 4 aliphatic carbocycles. The number of ether oxygens (including phenoxy) is 1. The van der Waals surface area contributed by atoms with Gasteiger partial charge in [-0.1, -0.05) is 42.8 Å². The summed E-state index contributed by atoms with van der Waals surface area (Å²) in [5.74, 6) is -1.90. The number of carbonyl (C=O) groups is 4. The highest BCUT2D eigenvalue weighted by Gasteiger charge is 2.71. The van der Waals surface area contributed by atoms with Crippen LogP contribution in [0.1, 0.15) is 47.0 Å². The van der Waals surface area contributed by atoms with Gasteiger partial charge >= 0.3 is 5.97 Å². The molecule has 4 rings (SSSR count). The molecule has 0 heterocycles. The number of alkyl halides is 1. The Bertz CT molecular complexity index is 936. The van der Waals surface area contributed by atoms with E-state index >= 15 is 0 Å². The molecule has 0 aromatic carbocycles. The van der Waals surface area contributed by atoms with Crippen LogP contribution in [0.4, 0.5) is 0 Å². The van der Waals surface area contributed by atoms with Gasteiger partial charge in [-0.05, 0) is 48.3 Å². The van der Waals surface area contributed by atoms with Gasteiger partial charge in [-0.2, -0.15) is 0 Å². The number of aliphatic hydroxyl groups is 1. The molecule has 4 aliphatic rings. The van der Waals surface area contributed by atoms with Crippen LogP contribution in [-0.2, 0) is 23.9 Å². The Morgan fingerprint density at radius 1 is 1.26 bits per heavy atom. The second kappa shape index (κ2) is 7.20. The van der Waals surface area contributed by atoms with Gasteiger partial charge in [-0.3, -0.25) is 19.2 Å². The van der Waals surface area contributed by atoms with E-state index in [4.69, 9.17) is 4.74 Å². The normalized spacial score (nSPS) is 46.0. The van der Waals surface area contributed by atoms with E-state index in [0.717, 1.165) is 5.57 Å². The number of allylic oxidation sites excluding steroid dienone is 4. The molecule has 8 atom stereocenters. The van der Waals surface area contributed by atoms with Crippen molar-refractivity contribution in [1.29, 1.82) is 0 Å². The van der Waals surface area contributed by atoms with E-state index in [1.807, 2.05) is 26.8 Å². The number of Topliss-reactive ketones (excluding diaryl/α,β-unsaturated/α-hetero) is 2. The molecule has 0 aromatic heterocycles. The van der Waals surface area contributed by atoms with E-state index in [0.29, 0.717) is 12.8 Å². The minimum atomic E-state index is -1.73. The van der Waals surface area contributed by atoms with Crippen molar-refractivity contribution in [2.24, 2.45) is 34.5 Å². The van der Waals surface area contributed by atoms with Gasteiger partial charge in [0, 0.05) is 34.9 Å². The fraction of sp³-hybridized carbons (Fsp3) is 0.667. The average molecular weight is 493 g/mol. The van der Waals surface area contributed by atoms with Gasteiger partial charge in [0.1, 0.15) is 11.4 Å². The number of fused-ring (bicyclic) bond motifs is 5. The van der Waals surface area contributed by atoms with Crippen LogP contribution in [0.25, 0.3) is 0 Å². The Morgan fingerprint density at radius 2 is 1.94 bits per heavy atom. The van der Waals surface area contributed by atoms with E-state index < -0.39 is 34.8 Å². The van der Waals surface area contributed by atoms with Crippen molar-refractivity contribution < 1.29 is 29.0 Å². The number of rotatable bonds is 3. The van der Waals surface area contributed by atoms with Crippen LogP contribution in [0, 0.1) is 34.5 Å². The first-order chi connectivity index (χ1) is 14.4. The van der Waals surface area contributed by atoms with E-state index in [-0.39, 0.29) is 46.5 Å². The number of halogens is 1. The maximum absolute atomic E-state index is 13.6. The zero-order valence-electron chi connectivity index (χ0n) is 18.3. The summed E-state index contributed by atoms with van der Waals surface area (Å²) in [6.45, 7) is 6.44. The summed E-state index contributed by atoms with van der Waals surface area (Å²) in [7, 11) is 0. The highest BCUT2D eigenvalue weighted by molar-refractivity contribution is 9.09. The largest absolute Gasteiger partial charge is 0.458 e. The fourth-order valence-electron chi connectivity index (χ4n) is 7.25. The van der Waals surface area contributed by atoms with Gasteiger partial charge < -0.3 is 9.84 Å². The van der Waals surface area contributed by atoms with Gasteiger partial charge in [0.05, 0.1) is 0 Å². The molecular formula is C24H29BrO6. The lowest BCUT2D eigenvalue weighted by molar-refractivity contribution is -0.176. The number of ketones is 3. The Balaban J connectivity index is 1.75. The molecule has 0 aliphatic heterocycles. The molecule has 0 spiro atoms. The first kappa shape index (κ1) is 22.6. The zero-order chi connectivity index (χ0) is 22.9. The zero-order valence-corrected chi connectivity index (χ0v) is 19.9. The van der Waals surface area contributed by atoms with Crippen LogP contribution in [0.5, 0.6) is 0 Å². The number of carbonyl (C=O) groups excluding carboxylic acids is 4. The Kier molecular flexibility index (Phi) is 5.25. The molecular weight excluding hydrogens is 464 g/mol. The molecule has 0 saturated heterocycles.